The summed E-state index contributed by atoms with van der Waals surface area (Å²) in [4.78, 5) is 24.9. The first kappa shape index (κ1) is 25.3. The van der Waals surface area contributed by atoms with Crippen LogP contribution in [-0.2, 0) is 17.6 Å². The standard InChI is InChI=1S/C26H34F2N4O3/c1-2-18-13-29-26(30-14-18)31-7-5-19(6-8-31)4-3-9-35-21-10-23(27)22(24(28)11-21)12-25(34)32-15-20(16-32)17-33/h10-11,13-14,19-20,33H,2-9,12,15-17H2,1H3. The number of anilines is 1. The van der Waals surface area contributed by atoms with Crippen molar-refractivity contribution < 1.29 is 23.4 Å². The zero-order valence-corrected chi connectivity index (χ0v) is 20.3. The van der Waals surface area contributed by atoms with E-state index in [0.717, 1.165) is 68.8 Å². The quantitative estimate of drug-likeness (QED) is 0.517. The molecule has 2 aliphatic rings. The summed E-state index contributed by atoms with van der Waals surface area (Å²) in [7, 11) is 0. The Morgan fingerprint density at radius 3 is 2.37 bits per heavy atom. The molecule has 2 aliphatic heterocycles. The number of halogens is 2. The van der Waals surface area contributed by atoms with Crippen LogP contribution in [0.25, 0.3) is 0 Å². The number of piperidine rings is 1. The SMILES string of the molecule is CCc1cnc(N2CCC(CCCOc3cc(F)c(CC(=O)N4CC(CO)C4)c(F)c3)CC2)nc1. The molecule has 2 fully saturated rings. The molecule has 0 unspecified atom stereocenters. The van der Waals surface area contributed by atoms with Gasteiger partial charge in [-0.25, -0.2) is 18.7 Å². The molecule has 1 amide bonds. The predicted octanol–water partition coefficient (Wildman–Crippen LogP) is 3.39. The number of rotatable bonds is 10. The van der Waals surface area contributed by atoms with Crippen molar-refractivity contribution in [2.45, 2.75) is 45.4 Å². The van der Waals surface area contributed by atoms with Crippen molar-refractivity contribution in [3.63, 3.8) is 0 Å². The lowest BCUT2D eigenvalue weighted by Crippen LogP contribution is -2.51. The number of likely N-dealkylation sites (tertiary alicyclic amines) is 1. The van der Waals surface area contributed by atoms with Gasteiger partial charge in [0.2, 0.25) is 11.9 Å². The Labute approximate surface area is 205 Å². The zero-order chi connectivity index (χ0) is 24.8. The van der Waals surface area contributed by atoms with Gasteiger partial charge in [-0.05, 0) is 43.6 Å². The summed E-state index contributed by atoms with van der Waals surface area (Å²) in [5.41, 5.74) is 0.894. The molecule has 0 bridgehead atoms. The van der Waals surface area contributed by atoms with Crippen LogP contribution in [0, 0.1) is 23.5 Å². The number of carbonyl (C=O) groups excluding carboxylic acids is 1. The van der Waals surface area contributed by atoms with E-state index in [4.69, 9.17) is 9.84 Å². The minimum Gasteiger partial charge on any atom is -0.493 e. The molecule has 1 aromatic heterocycles. The second-order valence-electron chi connectivity index (χ2n) is 9.56. The van der Waals surface area contributed by atoms with E-state index in [0.29, 0.717) is 25.6 Å². The van der Waals surface area contributed by atoms with Crippen molar-refractivity contribution in [2.24, 2.45) is 11.8 Å². The van der Waals surface area contributed by atoms with Crippen LogP contribution in [0.4, 0.5) is 14.7 Å². The topological polar surface area (TPSA) is 78.8 Å². The summed E-state index contributed by atoms with van der Waals surface area (Å²) in [5.74, 6) is -0.303. The Bertz CT molecular complexity index is 968. The second-order valence-corrected chi connectivity index (χ2v) is 9.56. The van der Waals surface area contributed by atoms with Crippen molar-refractivity contribution >= 4 is 11.9 Å². The van der Waals surface area contributed by atoms with E-state index in [9.17, 15) is 13.6 Å². The molecule has 2 aromatic rings. The van der Waals surface area contributed by atoms with E-state index < -0.39 is 11.6 Å². The average Bonchev–Trinajstić information content (AvgIpc) is 2.84. The van der Waals surface area contributed by atoms with Gasteiger partial charge in [-0.3, -0.25) is 4.79 Å². The van der Waals surface area contributed by atoms with Gasteiger partial charge in [0.05, 0.1) is 13.0 Å². The van der Waals surface area contributed by atoms with Crippen LogP contribution in [-0.4, -0.2) is 65.3 Å². The molecule has 0 aliphatic carbocycles. The highest BCUT2D eigenvalue weighted by atomic mass is 19.1. The van der Waals surface area contributed by atoms with Gasteiger partial charge in [-0.2, -0.15) is 0 Å². The largest absolute Gasteiger partial charge is 0.493 e. The Balaban J connectivity index is 1.17. The molecular weight excluding hydrogens is 454 g/mol. The van der Waals surface area contributed by atoms with Crippen molar-refractivity contribution in [3.8, 4) is 5.75 Å². The van der Waals surface area contributed by atoms with Crippen molar-refractivity contribution in [3.05, 3.63) is 47.3 Å². The molecule has 2 saturated heterocycles. The molecule has 1 N–H and O–H groups in total. The minimum atomic E-state index is -0.769. The normalized spacial score (nSPS) is 16.9. The Hall–Kier alpha value is -2.81. The van der Waals surface area contributed by atoms with E-state index in [2.05, 4.69) is 21.8 Å². The molecule has 35 heavy (non-hydrogen) atoms. The molecule has 190 valence electrons. The van der Waals surface area contributed by atoms with E-state index in [-0.39, 0.29) is 36.2 Å². The lowest BCUT2D eigenvalue weighted by molar-refractivity contribution is -0.137. The number of benzene rings is 1. The van der Waals surface area contributed by atoms with E-state index >= 15 is 0 Å². The third-order valence-corrected chi connectivity index (χ3v) is 7.03. The van der Waals surface area contributed by atoms with Gasteiger partial charge in [0.1, 0.15) is 17.4 Å². The summed E-state index contributed by atoms with van der Waals surface area (Å²) in [6.07, 6.45) is 8.29. The van der Waals surface area contributed by atoms with Gasteiger partial charge in [-0.15, -0.1) is 0 Å². The van der Waals surface area contributed by atoms with Crippen LogP contribution in [0.3, 0.4) is 0 Å². The smallest absolute Gasteiger partial charge is 0.227 e. The van der Waals surface area contributed by atoms with Crippen molar-refractivity contribution in [1.29, 1.82) is 0 Å². The number of hydrogen-bond acceptors (Lipinski definition) is 6. The van der Waals surface area contributed by atoms with Crippen LogP contribution in [0.1, 0.15) is 43.7 Å². The molecule has 0 spiro atoms. The molecule has 9 heteroatoms. The van der Waals surface area contributed by atoms with Crippen LogP contribution >= 0.6 is 0 Å². The molecule has 1 aromatic carbocycles. The Morgan fingerprint density at radius 2 is 1.77 bits per heavy atom. The average molecular weight is 489 g/mol. The molecule has 3 heterocycles. The number of ether oxygens (including phenoxy) is 1. The molecule has 7 nitrogen and oxygen atoms in total. The second kappa shape index (κ2) is 11.7. The van der Waals surface area contributed by atoms with Gasteiger partial charge in [0.15, 0.2) is 0 Å². The van der Waals surface area contributed by atoms with E-state index in [1.165, 1.54) is 4.90 Å². The Morgan fingerprint density at radius 1 is 1.11 bits per heavy atom. The number of nitrogens with zero attached hydrogens (tertiary/aromatic N) is 4. The maximum atomic E-state index is 14.5. The third-order valence-electron chi connectivity index (χ3n) is 7.03. The number of aliphatic hydroxyl groups is 1. The summed E-state index contributed by atoms with van der Waals surface area (Å²) in [5, 5.41) is 9.05. The van der Waals surface area contributed by atoms with Gasteiger partial charge in [0, 0.05) is 68.8 Å². The van der Waals surface area contributed by atoms with Crippen molar-refractivity contribution in [2.75, 3.05) is 44.3 Å². The highest BCUT2D eigenvalue weighted by molar-refractivity contribution is 5.79. The maximum Gasteiger partial charge on any atom is 0.227 e. The molecule has 0 radical (unpaired) electrons. The minimum absolute atomic E-state index is 0.0141. The first-order valence-electron chi connectivity index (χ1n) is 12.5. The van der Waals surface area contributed by atoms with Crippen LogP contribution in [0.5, 0.6) is 5.75 Å². The fourth-order valence-corrected chi connectivity index (χ4v) is 4.66. The van der Waals surface area contributed by atoms with E-state index in [1.807, 2.05) is 12.4 Å². The number of aryl methyl sites for hydroxylation is 1. The third kappa shape index (κ3) is 6.45. The Kier molecular flexibility index (Phi) is 8.49. The zero-order valence-electron chi connectivity index (χ0n) is 20.3. The van der Waals surface area contributed by atoms with Crippen LogP contribution in [0.2, 0.25) is 0 Å². The lowest BCUT2D eigenvalue weighted by atomic mass is 9.92. The molecular formula is C26H34F2N4O3. The van der Waals surface area contributed by atoms with E-state index in [1.54, 1.807) is 0 Å². The fourth-order valence-electron chi connectivity index (χ4n) is 4.66. The van der Waals surface area contributed by atoms with Gasteiger partial charge in [0.25, 0.3) is 0 Å². The first-order chi connectivity index (χ1) is 17.0. The molecule has 4 rings (SSSR count). The number of amides is 1. The summed E-state index contributed by atoms with van der Waals surface area (Å²) in [6, 6.07) is 2.31. The summed E-state index contributed by atoms with van der Waals surface area (Å²) >= 11 is 0. The van der Waals surface area contributed by atoms with Gasteiger partial charge >= 0.3 is 0 Å². The number of carbonyl (C=O) groups is 1. The highest BCUT2D eigenvalue weighted by Crippen LogP contribution is 2.26. The van der Waals surface area contributed by atoms with Crippen LogP contribution < -0.4 is 9.64 Å². The predicted molar refractivity (Wildman–Crippen MR) is 128 cm³/mol. The maximum absolute atomic E-state index is 14.5. The number of aliphatic hydroxyl groups excluding tert-OH is 1. The monoisotopic (exact) mass is 488 g/mol. The van der Waals surface area contributed by atoms with Gasteiger partial charge < -0.3 is 19.6 Å². The van der Waals surface area contributed by atoms with Crippen LogP contribution in [0.15, 0.2) is 24.5 Å². The van der Waals surface area contributed by atoms with Crippen molar-refractivity contribution in [1.82, 2.24) is 14.9 Å². The molecule has 0 saturated carbocycles. The number of aromatic nitrogens is 2. The summed E-state index contributed by atoms with van der Waals surface area (Å²) in [6.45, 7) is 5.19. The first-order valence-corrected chi connectivity index (χ1v) is 12.5. The fraction of sp³-hybridized carbons (Fsp3) is 0.577. The number of hydrogen-bond donors (Lipinski definition) is 1. The molecule has 0 atom stereocenters. The van der Waals surface area contributed by atoms with Gasteiger partial charge in [-0.1, -0.05) is 6.92 Å². The lowest BCUT2D eigenvalue weighted by Gasteiger charge is -2.38. The summed E-state index contributed by atoms with van der Waals surface area (Å²) < 4.78 is 34.6. The highest BCUT2D eigenvalue weighted by Gasteiger charge is 2.31.